The fourth-order valence-electron chi connectivity index (χ4n) is 3.70. The van der Waals surface area contributed by atoms with E-state index in [1.807, 2.05) is 12.1 Å². The first kappa shape index (κ1) is 20.7. The van der Waals surface area contributed by atoms with Gasteiger partial charge in [0.25, 0.3) is 5.91 Å². The van der Waals surface area contributed by atoms with Crippen LogP contribution in [0.15, 0.2) is 71.6 Å². The van der Waals surface area contributed by atoms with Crippen LogP contribution >= 0.6 is 11.6 Å². The molecule has 0 bridgehead atoms. The van der Waals surface area contributed by atoms with Crippen LogP contribution in [0.3, 0.4) is 0 Å². The van der Waals surface area contributed by atoms with Crippen LogP contribution < -0.4 is 5.32 Å². The Hall–Kier alpha value is -4.17. The summed E-state index contributed by atoms with van der Waals surface area (Å²) in [4.78, 5) is 28.4. The average Bonchev–Trinajstić information content (AvgIpc) is 3.45. The molecule has 2 aromatic heterocycles. The van der Waals surface area contributed by atoms with Crippen LogP contribution in [0.4, 0.5) is 0 Å². The van der Waals surface area contributed by atoms with Gasteiger partial charge in [-0.25, -0.2) is 9.78 Å². The van der Waals surface area contributed by atoms with Crippen molar-refractivity contribution in [3.05, 3.63) is 94.5 Å². The van der Waals surface area contributed by atoms with Gasteiger partial charge in [0.05, 0.1) is 34.8 Å². The monoisotopic (exact) mass is 460 g/mol. The fraction of sp³-hybridized carbons (Fsp3) is 0.0833. The summed E-state index contributed by atoms with van der Waals surface area (Å²) in [7, 11) is 0. The van der Waals surface area contributed by atoms with E-state index in [1.54, 1.807) is 41.2 Å². The highest BCUT2D eigenvalue weighted by molar-refractivity contribution is 6.30. The Bertz CT molecular complexity index is 1490. The van der Waals surface area contributed by atoms with Crippen LogP contribution in [0.1, 0.15) is 31.8 Å². The lowest BCUT2D eigenvalue weighted by molar-refractivity contribution is 0.0696. The van der Waals surface area contributed by atoms with Crippen molar-refractivity contribution in [2.75, 3.05) is 0 Å². The summed E-state index contributed by atoms with van der Waals surface area (Å²) in [5.41, 5.74) is 4.12. The lowest BCUT2D eigenvalue weighted by atomic mass is 10.1. The number of rotatable bonds is 6. The first-order valence-electron chi connectivity index (χ1n) is 10.1. The van der Waals surface area contributed by atoms with Crippen molar-refractivity contribution < 1.29 is 19.1 Å². The normalized spacial score (nSPS) is 11.2. The molecule has 0 radical (unpaired) electrons. The van der Waals surface area contributed by atoms with Crippen LogP contribution in [0.25, 0.3) is 22.0 Å². The Morgan fingerprint density at radius 2 is 1.79 bits per heavy atom. The minimum atomic E-state index is -0.997. The molecular formula is C24H17ClN4O4. The summed E-state index contributed by atoms with van der Waals surface area (Å²) in [5, 5.41) is 17.8. The Kier molecular flexibility index (Phi) is 5.27. The van der Waals surface area contributed by atoms with Crippen molar-refractivity contribution in [2.24, 2.45) is 0 Å². The van der Waals surface area contributed by atoms with Gasteiger partial charge in [-0.2, -0.15) is 5.10 Å². The topological polar surface area (TPSA) is 110 Å². The second-order valence-electron chi connectivity index (χ2n) is 7.50. The van der Waals surface area contributed by atoms with Gasteiger partial charge in [0, 0.05) is 11.6 Å². The molecule has 0 saturated carbocycles. The molecule has 0 aliphatic heterocycles. The van der Waals surface area contributed by atoms with E-state index in [-0.39, 0.29) is 18.0 Å². The number of halogens is 1. The number of hydrogen-bond donors (Lipinski definition) is 2. The zero-order valence-electron chi connectivity index (χ0n) is 17.2. The molecule has 2 N–H and O–H groups in total. The highest BCUT2D eigenvalue weighted by atomic mass is 35.5. The van der Waals surface area contributed by atoms with Gasteiger partial charge in [0.2, 0.25) is 0 Å². The van der Waals surface area contributed by atoms with E-state index in [4.69, 9.17) is 21.1 Å². The number of carbonyl (C=O) groups is 2. The molecule has 0 fully saturated rings. The number of nitrogens with one attached hydrogen (secondary N) is 1. The molecule has 164 valence electrons. The van der Waals surface area contributed by atoms with E-state index in [0.29, 0.717) is 39.1 Å². The molecule has 33 heavy (non-hydrogen) atoms. The molecule has 0 aliphatic carbocycles. The summed E-state index contributed by atoms with van der Waals surface area (Å²) >= 11 is 5.99. The third-order valence-corrected chi connectivity index (χ3v) is 5.61. The van der Waals surface area contributed by atoms with Gasteiger partial charge >= 0.3 is 5.97 Å². The second-order valence-corrected chi connectivity index (χ2v) is 7.94. The van der Waals surface area contributed by atoms with Crippen molar-refractivity contribution in [2.45, 2.75) is 13.1 Å². The number of carbonyl (C=O) groups excluding carboxylic acids is 1. The summed E-state index contributed by atoms with van der Waals surface area (Å²) in [5.74, 6) is -1.30. The van der Waals surface area contributed by atoms with Gasteiger partial charge in [-0.15, -0.1) is 0 Å². The highest BCUT2D eigenvalue weighted by Gasteiger charge is 2.20. The molecule has 2 heterocycles. The van der Waals surface area contributed by atoms with Crippen LogP contribution in [-0.2, 0) is 13.1 Å². The third-order valence-electron chi connectivity index (χ3n) is 5.36. The summed E-state index contributed by atoms with van der Waals surface area (Å²) in [6, 6.07) is 15.5. The molecule has 5 aromatic rings. The van der Waals surface area contributed by atoms with E-state index in [9.17, 15) is 9.59 Å². The standard InChI is InChI=1S/C24H17ClN4O4/c25-17-7-3-15(4-8-17)12-29-21-18(9-20-22(33-13-27-20)19(21)11-28-29)23(30)26-10-14-1-5-16(6-2-14)24(31)32/h1-9,11,13H,10,12H2,(H,26,30)(H,31,32). The Balaban J connectivity index is 1.48. The number of aromatic nitrogens is 3. The van der Waals surface area contributed by atoms with E-state index in [0.717, 1.165) is 11.1 Å². The molecule has 1 amide bonds. The zero-order chi connectivity index (χ0) is 22.9. The maximum atomic E-state index is 13.2. The minimum Gasteiger partial charge on any atom is -0.478 e. The zero-order valence-corrected chi connectivity index (χ0v) is 17.9. The first-order valence-corrected chi connectivity index (χ1v) is 10.4. The fourth-order valence-corrected chi connectivity index (χ4v) is 3.82. The van der Waals surface area contributed by atoms with Gasteiger partial charge in [-0.05, 0) is 41.5 Å². The van der Waals surface area contributed by atoms with Gasteiger partial charge in [0.1, 0.15) is 5.52 Å². The van der Waals surface area contributed by atoms with Gasteiger partial charge < -0.3 is 14.8 Å². The maximum Gasteiger partial charge on any atom is 0.335 e. The van der Waals surface area contributed by atoms with Crippen molar-refractivity contribution in [3.63, 3.8) is 0 Å². The second kappa shape index (κ2) is 8.40. The Labute approximate surface area is 192 Å². The largest absolute Gasteiger partial charge is 0.478 e. The molecule has 5 rings (SSSR count). The molecule has 3 aromatic carbocycles. The number of aromatic carboxylic acids is 1. The third kappa shape index (κ3) is 4.04. The predicted octanol–water partition coefficient (Wildman–Crippen LogP) is 4.51. The van der Waals surface area contributed by atoms with E-state index in [1.165, 1.54) is 18.5 Å². The highest BCUT2D eigenvalue weighted by Crippen LogP contribution is 2.29. The number of carboxylic acid groups (broad SMARTS) is 1. The average molecular weight is 461 g/mol. The van der Waals surface area contributed by atoms with Crippen molar-refractivity contribution in [1.29, 1.82) is 0 Å². The van der Waals surface area contributed by atoms with Crippen LogP contribution in [0.2, 0.25) is 5.02 Å². The van der Waals surface area contributed by atoms with Crippen LogP contribution in [0.5, 0.6) is 0 Å². The minimum absolute atomic E-state index is 0.189. The SMILES string of the molecule is O=C(O)c1ccc(CNC(=O)c2cc3ncoc3c3cnn(Cc4ccc(Cl)cc4)c23)cc1. The van der Waals surface area contributed by atoms with Crippen LogP contribution in [-0.4, -0.2) is 31.7 Å². The molecule has 0 saturated heterocycles. The lowest BCUT2D eigenvalue weighted by Crippen LogP contribution is -2.23. The molecule has 9 heteroatoms. The number of carboxylic acids is 1. The molecular weight excluding hydrogens is 444 g/mol. The van der Waals surface area contributed by atoms with E-state index in [2.05, 4.69) is 15.4 Å². The molecule has 0 unspecified atom stereocenters. The smallest absolute Gasteiger partial charge is 0.335 e. The van der Waals surface area contributed by atoms with Crippen LogP contribution in [0, 0.1) is 0 Å². The van der Waals surface area contributed by atoms with Gasteiger partial charge in [-0.1, -0.05) is 35.9 Å². The molecule has 0 atom stereocenters. The van der Waals surface area contributed by atoms with Gasteiger partial charge in [0.15, 0.2) is 12.0 Å². The Morgan fingerprint density at radius 3 is 2.52 bits per heavy atom. The summed E-state index contributed by atoms with van der Waals surface area (Å²) < 4.78 is 7.29. The Morgan fingerprint density at radius 1 is 1.06 bits per heavy atom. The summed E-state index contributed by atoms with van der Waals surface area (Å²) in [6.07, 6.45) is 3.01. The number of hydrogen-bond acceptors (Lipinski definition) is 5. The number of nitrogens with zero attached hydrogens (tertiary/aromatic N) is 3. The number of fused-ring (bicyclic) bond motifs is 3. The van der Waals surface area contributed by atoms with Crippen molar-refractivity contribution in [1.82, 2.24) is 20.1 Å². The van der Waals surface area contributed by atoms with E-state index >= 15 is 0 Å². The first-order chi connectivity index (χ1) is 16.0. The quantitative estimate of drug-likeness (QED) is 0.386. The number of oxazole rings is 1. The van der Waals surface area contributed by atoms with Crippen molar-refractivity contribution >= 4 is 45.5 Å². The lowest BCUT2D eigenvalue weighted by Gasteiger charge is -2.10. The van der Waals surface area contributed by atoms with Gasteiger partial charge in [-0.3, -0.25) is 9.48 Å². The van der Waals surface area contributed by atoms with Crippen molar-refractivity contribution in [3.8, 4) is 0 Å². The predicted molar refractivity (Wildman–Crippen MR) is 122 cm³/mol. The molecule has 0 aliphatic rings. The van der Waals surface area contributed by atoms with E-state index < -0.39 is 5.97 Å². The maximum absolute atomic E-state index is 13.2. The molecule has 8 nitrogen and oxygen atoms in total. The number of benzene rings is 3. The summed E-state index contributed by atoms with van der Waals surface area (Å²) in [6.45, 7) is 0.680. The number of amides is 1. The molecule has 0 spiro atoms.